The van der Waals surface area contributed by atoms with Gasteiger partial charge < -0.3 is 15.5 Å². The van der Waals surface area contributed by atoms with E-state index in [1.165, 1.54) is 0 Å². The molecule has 15 heavy (non-hydrogen) atoms. The molecule has 3 N–H and O–H groups in total. The monoisotopic (exact) mass is 207 g/mol. The Labute approximate surface area is 89.8 Å². The Hall–Kier alpha value is -1.06. The zero-order chi connectivity index (χ0) is 10.7. The zero-order valence-electron chi connectivity index (χ0n) is 8.74. The number of aromatic hydroxyl groups is 1. The summed E-state index contributed by atoms with van der Waals surface area (Å²) in [6, 6.07) is 5.62. The van der Waals surface area contributed by atoms with E-state index in [2.05, 4.69) is 5.32 Å². The summed E-state index contributed by atoms with van der Waals surface area (Å²) in [4.78, 5) is 0. The highest BCUT2D eigenvalue weighted by Crippen LogP contribution is 2.30. The highest BCUT2D eigenvalue weighted by Gasteiger charge is 2.19. The van der Waals surface area contributed by atoms with Crippen LogP contribution in [-0.2, 0) is 6.42 Å². The van der Waals surface area contributed by atoms with E-state index < -0.39 is 0 Å². The molecule has 1 fully saturated rings. The minimum absolute atomic E-state index is 0.160. The van der Waals surface area contributed by atoms with E-state index in [0.29, 0.717) is 18.1 Å². The molecule has 82 valence electrons. The first-order valence-corrected chi connectivity index (χ1v) is 5.44. The summed E-state index contributed by atoms with van der Waals surface area (Å²) in [5, 5.41) is 21.9. The van der Waals surface area contributed by atoms with E-state index >= 15 is 0 Å². The van der Waals surface area contributed by atoms with E-state index in [4.69, 9.17) is 5.11 Å². The van der Waals surface area contributed by atoms with Gasteiger partial charge >= 0.3 is 0 Å². The van der Waals surface area contributed by atoms with Crippen molar-refractivity contribution >= 4 is 0 Å². The summed E-state index contributed by atoms with van der Waals surface area (Å²) >= 11 is 0. The molecule has 0 bridgehead atoms. The molecule has 0 amide bonds. The average Bonchev–Trinajstić information content (AvgIpc) is 2.74. The molecular formula is C12H17NO2. The molecule has 0 spiro atoms. The van der Waals surface area contributed by atoms with Crippen molar-refractivity contribution in [2.75, 3.05) is 19.7 Å². The Bertz CT molecular complexity index is 332. The molecule has 1 atom stereocenters. The van der Waals surface area contributed by atoms with Gasteiger partial charge in [-0.15, -0.1) is 0 Å². The molecule has 0 saturated carbocycles. The summed E-state index contributed by atoms with van der Waals surface area (Å²) < 4.78 is 0. The topological polar surface area (TPSA) is 52.5 Å². The van der Waals surface area contributed by atoms with Crippen LogP contribution in [0.1, 0.15) is 23.5 Å². The van der Waals surface area contributed by atoms with Gasteiger partial charge in [-0.2, -0.15) is 0 Å². The van der Waals surface area contributed by atoms with Crippen LogP contribution >= 0.6 is 0 Å². The molecule has 1 aliphatic heterocycles. The fourth-order valence-electron chi connectivity index (χ4n) is 2.14. The second-order valence-electron chi connectivity index (χ2n) is 4.06. The lowest BCUT2D eigenvalue weighted by atomic mass is 9.95. The van der Waals surface area contributed by atoms with Crippen LogP contribution in [0.5, 0.6) is 5.75 Å². The SMILES string of the molecule is OCCc1ccc(O)c(C2CCNC2)c1. The van der Waals surface area contributed by atoms with Crippen molar-refractivity contribution in [3.63, 3.8) is 0 Å². The van der Waals surface area contributed by atoms with Gasteiger partial charge in [0.05, 0.1) is 0 Å². The Balaban J connectivity index is 2.23. The maximum atomic E-state index is 9.77. The third-order valence-corrected chi connectivity index (χ3v) is 2.99. The Kier molecular flexibility index (Phi) is 3.23. The lowest BCUT2D eigenvalue weighted by Crippen LogP contribution is -2.08. The first-order valence-electron chi connectivity index (χ1n) is 5.44. The molecular weight excluding hydrogens is 190 g/mol. The van der Waals surface area contributed by atoms with E-state index in [0.717, 1.165) is 30.6 Å². The molecule has 0 aromatic heterocycles. The summed E-state index contributed by atoms with van der Waals surface area (Å²) in [5.74, 6) is 0.800. The van der Waals surface area contributed by atoms with Gasteiger partial charge in [-0.25, -0.2) is 0 Å². The number of phenolic OH excluding ortho intramolecular Hbond substituents is 1. The second-order valence-corrected chi connectivity index (χ2v) is 4.06. The molecule has 1 heterocycles. The van der Waals surface area contributed by atoms with Crippen LogP contribution in [0.2, 0.25) is 0 Å². The maximum Gasteiger partial charge on any atom is 0.119 e. The number of phenols is 1. The largest absolute Gasteiger partial charge is 0.508 e. The van der Waals surface area contributed by atoms with E-state index in [1.807, 2.05) is 12.1 Å². The van der Waals surface area contributed by atoms with E-state index in [1.54, 1.807) is 6.07 Å². The quantitative estimate of drug-likeness (QED) is 0.693. The van der Waals surface area contributed by atoms with Crippen LogP contribution in [-0.4, -0.2) is 29.9 Å². The summed E-state index contributed by atoms with van der Waals surface area (Å²) in [6.45, 7) is 2.12. The lowest BCUT2D eigenvalue weighted by molar-refractivity contribution is 0.299. The summed E-state index contributed by atoms with van der Waals surface area (Å²) in [5.41, 5.74) is 2.11. The normalized spacial score (nSPS) is 20.7. The Morgan fingerprint density at radius 2 is 2.27 bits per heavy atom. The smallest absolute Gasteiger partial charge is 0.119 e. The minimum Gasteiger partial charge on any atom is -0.508 e. The van der Waals surface area contributed by atoms with Gasteiger partial charge in [0.25, 0.3) is 0 Å². The fourth-order valence-corrected chi connectivity index (χ4v) is 2.14. The van der Waals surface area contributed by atoms with Gasteiger partial charge in [0, 0.05) is 19.1 Å². The fraction of sp³-hybridized carbons (Fsp3) is 0.500. The molecule has 1 unspecified atom stereocenters. The van der Waals surface area contributed by atoms with Crippen molar-refractivity contribution < 1.29 is 10.2 Å². The average molecular weight is 207 g/mol. The van der Waals surface area contributed by atoms with Gasteiger partial charge in [-0.3, -0.25) is 0 Å². The first-order chi connectivity index (χ1) is 7.31. The standard InChI is InChI=1S/C12H17NO2/c14-6-4-9-1-2-12(15)11(7-9)10-3-5-13-8-10/h1-2,7,10,13-15H,3-6,8H2. The van der Waals surface area contributed by atoms with Crippen LogP contribution in [0.25, 0.3) is 0 Å². The maximum absolute atomic E-state index is 9.77. The van der Waals surface area contributed by atoms with Gasteiger partial charge in [0.1, 0.15) is 5.75 Å². The van der Waals surface area contributed by atoms with E-state index in [-0.39, 0.29) is 6.61 Å². The van der Waals surface area contributed by atoms with Crippen LogP contribution in [0, 0.1) is 0 Å². The van der Waals surface area contributed by atoms with Crippen molar-refractivity contribution in [2.24, 2.45) is 0 Å². The van der Waals surface area contributed by atoms with Crippen LogP contribution in [0.15, 0.2) is 18.2 Å². The molecule has 1 saturated heterocycles. The Morgan fingerprint density at radius 3 is 2.93 bits per heavy atom. The van der Waals surface area contributed by atoms with Crippen molar-refractivity contribution in [3.05, 3.63) is 29.3 Å². The summed E-state index contributed by atoms with van der Waals surface area (Å²) in [7, 11) is 0. The lowest BCUT2D eigenvalue weighted by Gasteiger charge is -2.12. The van der Waals surface area contributed by atoms with Crippen molar-refractivity contribution in [1.82, 2.24) is 5.32 Å². The van der Waals surface area contributed by atoms with Crippen molar-refractivity contribution in [2.45, 2.75) is 18.8 Å². The minimum atomic E-state index is 0.160. The van der Waals surface area contributed by atoms with Crippen LogP contribution in [0.4, 0.5) is 0 Å². The molecule has 0 aliphatic carbocycles. The highest BCUT2D eigenvalue weighted by molar-refractivity contribution is 5.39. The van der Waals surface area contributed by atoms with Crippen molar-refractivity contribution in [1.29, 1.82) is 0 Å². The van der Waals surface area contributed by atoms with Gasteiger partial charge in [-0.05, 0) is 36.6 Å². The molecule has 3 nitrogen and oxygen atoms in total. The number of hydrogen-bond donors (Lipinski definition) is 3. The molecule has 1 aromatic rings. The molecule has 2 rings (SSSR count). The third kappa shape index (κ3) is 2.30. The molecule has 0 radical (unpaired) electrons. The predicted molar refractivity (Wildman–Crippen MR) is 59.1 cm³/mol. The first kappa shape index (κ1) is 10.5. The molecule has 1 aromatic carbocycles. The molecule has 1 aliphatic rings. The highest BCUT2D eigenvalue weighted by atomic mass is 16.3. The third-order valence-electron chi connectivity index (χ3n) is 2.99. The molecule has 3 heteroatoms. The van der Waals surface area contributed by atoms with Gasteiger partial charge in [0.2, 0.25) is 0 Å². The van der Waals surface area contributed by atoms with Crippen LogP contribution in [0.3, 0.4) is 0 Å². The predicted octanol–water partition coefficient (Wildman–Crippen LogP) is 1.00. The number of benzene rings is 1. The second kappa shape index (κ2) is 4.64. The van der Waals surface area contributed by atoms with E-state index in [9.17, 15) is 5.11 Å². The number of aliphatic hydroxyl groups excluding tert-OH is 1. The number of aliphatic hydroxyl groups is 1. The summed E-state index contributed by atoms with van der Waals surface area (Å²) in [6.07, 6.45) is 1.74. The van der Waals surface area contributed by atoms with Crippen molar-refractivity contribution in [3.8, 4) is 5.75 Å². The number of nitrogens with one attached hydrogen (secondary N) is 1. The van der Waals surface area contributed by atoms with Gasteiger partial charge in [0.15, 0.2) is 0 Å². The van der Waals surface area contributed by atoms with Crippen LogP contribution < -0.4 is 5.32 Å². The number of hydrogen-bond acceptors (Lipinski definition) is 3. The zero-order valence-corrected chi connectivity index (χ0v) is 8.74. The Morgan fingerprint density at radius 1 is 1.40 bits per heavy atom. The van der Waals surface area contributed by atoms with Gasteiger partial charge in [-0.1, -0.05) is 12.1 Å². The number of rotatable bonds is 3.